The highest BCUT2D eigenvalue weighted by Crippen LogP contribution is 2.26. The van der Waals surface area contributed by atoms with Crippen molar-refractivity contribution >= 4 is 47.1 Å². The minimum Gasteiger partial charge on any atom is -0.481 e. The highest BCUT2D eigenvalue weighted by Gasteiger charge is 2.21. The Labute approximate surface area is 130 Å². The summed E-state index contributed by atoms with van der Waals surface area (Å²) < 4.78 is 0. The molecule has 0 aromatic heterocycles. The minimum atomic E-state index is -1.51. The van der Waals surface area contributed by atoms with E-state index < -0.39 is 30.3 Å². The van der Waals surface area contributed by atoms with Crippen LogP contribution < -0.4 is 5.32 Å². The Kier molecular flexibility index (Phi) is 6.20. The van der Waals surface area contributed by atoms with E-state index in [1.807, 2.05) is 0 Å². The van der Waals surface area contributed by atoms with Crippen molar-refractivity contribution in [1.82, 2.24) is 5.32 Å². The smallest absolute Gasteiger partial charge is 0.326 e. The van der Waals surface area contributed by atoms with Gasteiger partial charge in [0, 0.05) is 6.08 Å². The fourth-order valence-electron chi connectivity index (χ4n) is 1.41. The number of hydrogen-bond acceptors (Lipinski definition) is 3. The topological polar surface area (TPSA) is 104 Å². The molecule has 0 aliphatic heterocycles. The Bertz CT molecular complexity index is 600. The van der Waals surface area contributed by atoms with Gasteiger partial charge in [0.15, 0.2) is 0 Å². The van der Waals surface area contributed by atoms with Crippen LogP contribution in [-0.2, 0) is 14.4 Å². The van der Waals surface area contributed by atoms with Crippen LogP contribution in [0.1, 0.15) is 12.0 Å². The van der Waals surface area contributed by atoms with Crippen molar-refractivity contribution in [2.75, 3.05) is 0 Å². The second kappa shape index (κ2) is 7.66. The monoisotopic (exact) mass is 331 g/mol. The van der Waals surface area contributed by atoms with E-state index in [0.717, 1.165) is 6.08 Å². The lowest BCUT2D eigenvalue weighted by Gasteiger charge is -2.10. The van der Waals surface area contributed by atoms with Gasteiger partial charge in [-0.3, -0.25) is 9.59 Å². The number of benzene rings is 1. The summed E-state index contributed by atoms with van der Waals surface area (Å²) in [4.78, 5) is 32.9. The Morgan fingerprint density at radius 1 is 1.24 bits per heavy atom. The first-order valence-electron chi connectivity index (χ1n) is 5.68. The van der Waals surface area contributed by atoms with E-state index in [0.29, 0.717) is 10.6 Å². The number of carbonyl (C=O) groups is 3. The maximum absolute atomic E-state index is 11.6. The molecule has 0 saturated carbocycles. The molecule has 1 rings (SSSR count). The first kappa shape index (κ1) is 17.0. The molecule has 0 saturated heterocycles. The lowest BCUT2D eigenvalue weighted by atomic mass is 10.2. The van der Waals surface area contributed by atoms with Crippen molar-refractivity contribution in [2.24, 2.45) is 0 Å². The Morgan fingerprint density at radius 3 is 2.48 bits per heavy atom. The molecular formula is C13H11Cl2NO5. The Morgan fingerprint density at radius 2 is 1.90 bits per heavy atom. The van der Waals surface area contributed by atoms with Crippen molar-refractivity contribution in [3.05, 3.63) is 39.9 Å². The number of nitrogens with one attached hydrogen (secondary N) is 1. The van der Waals surface area contributed by atoms with Gasteiger partial charge in [-0.1, -0.05) is 35.3 Å². The van der Waals surface area contributed by atoms with E-state index in [4.69, 9.17) is 33.4 Å². The van der Waals surface area contributed by atoms with Crippen LogP contribution in [0.2, 0.25) is 10.0 Å². The number of carboxylic acids is 2. The van der Waals surface area contributed by atoms with Crippen LogP contribution in [0.5, 0.6) is 0 Å². The fourth-order valence-corrected chi connectivity index (χ4v) is 1.78. The van der Waals surface area contributed by atoms with Gasteiger partial charge >= 0.3 is 11.9 Å². The van der Waals surface area contributed by atoms with Gasteiger partial charge < -0.3 is 15.5 Å². The molecule has 0 aliphatic carbocycles. The summed E-state index contributed by atoms with van der Waals surface area (Å²) in [6, 6.07) is 3.32. The minimum absolute atomic E-state index is 0.253. The van der Waals surface area contributed by atoms with Gasteiger partial charge in [0.05, 0.1) is 16.5 Å². The summed E-state index contributed by atoms with van der Waals surface area (Å²) >= 11 is 11.7. The zero-order valence-corrected chi connectivity index (χ0v) is 12.1. The molecule has 6 nitrogen and oxygen atoms in total. The second-order valence-electron chi connectivity index (χ2n) is 3.97. The molecule has 0 spiro atoms. The molecule has 1 atom stereocenters. The first-order valence-corrected chi connectivity index (χ1v) is 6.44. The van der Waals surface area contributed by atoms with Crippen LogP contribution in [0.15, 0.2) is 24.3 Å². The van der Waals surface area contributed by atoms with Gasteiger partial charge in [-0.15, -0.1) is 0 Å². The normalized spacial score (nSPS) is 12.1. The molecule has 21 heavy (non-hydrogen) atoms. The molecule has 3 N–H and O–H groups in total. The summed E-state index contributed by atoms with van der Waals surface area (Å²) in [7, 11) is 0. The second-order valence-corrected chi connectivity index (χ2v) is 4.76. The fraction of sp³-hybridized carbons (Fsp3) is 0.154. The van der Waals surface area contributed by atoms with Crippen LogP contribution in [0, 0.1) is 0 Å². The van der Waals surface area contributed by atoms with Crippen LogP contribution >= 0.6 is 23.2 Å². The largest absolute Gasteiger partial charge is 0.481 e. The third-order valence-corrected chi connectivity index (χ3v) is 3.22. The van der Waals surface area contributed by atoms with Gasteiger partial charge in [0.2, 0.25) is 5.91 Å². The average Bonchev–Trinajstić information content (AvgIpc) is 2.39. The molecule has 1 unspecified atom stereocenters. The number of aliphatic carboxylic acids is 2. The zero-order valence-electron chi connectivity index (χ0n) is 10.5. The van der Waals surface area contributed by atoms with Gasteiger partial charge in [0.25, 0.3) is 0 Å². The molecule has 1 aromatic rings. The predicted octanol–water partition coefficient (Wildman–Crippen LogP) is 2.05. The summed E-state index contributed by atoms with van der Waals surface area (Å²) in [5, 5.41) is 20.0. The van der Waals surface area contributed by atoms with Crippen LogP contribution in [0.25, 0.3) is 6.08 Å². The van der Waals surface area contributed by atoms with Gasteiger partial charge in [-0.05, 0) is 17.7 Å². The molecule has 1 aromatic carbocycles. The third-order valence-electron chi connectivity index (χ3n) is 2.39. The summed E-state index contributed by atoms with van der Waals surface area (Å²) in [5.74, 6) is -3.51. The number of carbonyl (C=O) groups excluding carboxylic acids is 1. The maximum Gasteiger partial charge on any atom is 0.326 e. The van der Waals surface area contributed by atoms with E-state index in [-0.39, 0.29) is 5.02 Å². The molecule has 8 heteroatoms. The third kappa shape index (κ3) is 5.45. The highest BCUT2D eigenvalue weighted by molar-refractivity contribution is 6.42. The first-order chi connectivity index (χ1) is 9.81. The van der Waals surface area contributed by atoms with Crippen molar-refractivity contribution in [1.29, 1.82) is 0 Å². The van der Waals surface area contributed by atoms with Crippen molar-refractivity contribution in [2.45, 2.75) is 12.5 Å². The molecule has 0 bridgehead atoms. The van der Waals surface area contributed by atoms with Crippen molar-refractivity contribution < 1.29 is 24.6 Å². The number of hydrogen-bond donors (Lipinski definition) is 3. The van der Waals surface area contributed by atoms with Crippen LogP contribution in [0.4, 0.5) is 0 Å². The van der Waals surface area contributed by atoms with E-state index in [2.05, 4.69) is 5.32 Å². The number of amides is 1. The molecule has 0 heterocycles. The maximum atomic E-state index is 11.6. The predicted molar refractivity (Wildman–Crippen MR) is 77.3 cm³/mol. The zero-order chi connectivity index (χ0) is 16.0. The lowest BCUT2D eigenvalue weighted by Crippen LogP contribution is -2.41. The summed E-state index contributed by atoms with van der Waals surface area (Å²) in [6.45, 7) is 0. The quantitative estimate of drug-likeness (QED) is 0.692. The van der Waals surface area contributed by atoms with Gasteiger partial charge in [-0.2, -0.15) is 0 Å². The standard InChI is InChI=1S/C13H11Cl2NO5/c14-8-3-1-2-7(12(8)15)4-5-10(17)16-9(13(20)21)6-11(18)19/h1-5,9H,6H2,(H,16,17)(H,18,19)(H,20,21)/b5-4+. The van der Waals surface area contributed by atoms with Gasteiger partial charge in [0.1, 0.15) is 6.04 Å². The molecular weight excluding hydrogens is 321 g/mol. The Balaban J connectivity index is 2.76. The van der Waals surface area contributed by atoms with Crippen LogP contribution in [-0.4, -0.2) is 34.1 Å². The Hall–Kier alpha value is -2.05. The summed E-state index contributed by atoms with van der Waals surface area (Å²) in [5.41, 5.74) is 0.476. The average molecular weight is 332 g/mol. The number of carboxylic acid groups (broad SMARTS) is 2. The highest BCUT2D eigenvalue weighted by atomic mass is 35.5. The summed E-state index contributed by atoms with van der Waals surface area (Å²) in [6.07, 6.45) is 1.69. The molecule has 112 valence electrons. The molecule has 0 aliphatic rings. The van der Waals surface area contributed by atoms with Crippen molar-refractivity contribution in [3.8, 4) is 0 Å². The molecule has 0 radical (unpaired) electrons. The van der Waals surface area contributed by atoms with E-state index in [1.54, 1.807) is 18.2 Å². The number of halogens is 2. The van der Waals surface area contributed by atoms with E-state index in [9.17, 15) is 14.4 Å². The molecule has 0 fully saturated rings. The molecule has 1 amide bonds. The van der Waals surface area contributed by atoms with E-state index in [1.165, 1.54) is 6.08 Å². The number of rotatable bonds is 6. The lowest BCUT2D eigenvalue weighted by molar-refractivity contribution is -0.146. The van der Waals surface area contributed by atoms with Crippen molar-refractivity contribution in [3.63, 3.8) is 0 Å². The van der Waals surface area contributed by atoms with Gasteiger partial charge in [-0.25, -0.2) is 4.79 Å². The SMILES string of the molecule is O=C(O)CC(NC(=O)/C=C/c1cccc(Cl)c1Cl)C(=O)O. The van der Waals surface area contributed by atoms with Crippen LogP contribution in [0.3, 0.4) is 0 Å². The van der Waals surface area contributed by atoms with E-state index >= 15 is 0 Å².